The molecule has 4 heterocycles. The van der Waals surface area contributed by atoms with Crippen molar-refractivity contribution in [2.75, 3.05) is 31.1 Å². The fourth-order valence-electron chi connectivity index (χ4n) is 4.74. The van der Waals surface area contributed by atoms with Gasteiger partial charge in [-0.15, -0.1) is 0 Å². The summed E-state index contributed by atoms with van der Waals surface area (Å²) in [6, 6.07) is 4.33. The van der Waals surface area contributed by atoms with Crippen molar-refractivity contribution in [3.63, 3.8) is 0 Å². The monoisotopic (exact) mass is 440 g/mol. The summed E-state index contributed by atoms with van der Waals surface area (Å²) < 4.78 is 16.8. The average molecular weight is 440 g/mol. The van der Waals surface area contributed by atoms with E-state index < -0.39 is 17.8 Å². The Morgan fingerprint density at radius 1 is 1.16 bits per heavy atom. The van der Waals surface area contributed by atoms with Gasteiger partial charge in [-0.1, -0.05) is 0 Å². The number of amides is 3. The van der Waals surface area contributed by atoms with E-state index in [4.69, 9.17) is 0 Å². The first-order valence-corrected chi connectivity index (χ1v) is 10.8. The molecule has 2 saturated heterocycles. The highest BCUT2D eigenvalue weighted by atomic mass is 19.1. The Morgan fingerprint density at radius 2 is 1.94 bits per heavy atom. The zero-order valence-corrected chi connectivity index (χ0v) is 17.9. The Morgan fingerprint density at radius 3 is 2.62 bits per heavy atom. The van der Waals surface area contributed by atoms with Gasteiger partial charge in [0.25, 0.3) is 5.91 Å². The number of benzene rings is 1. The van der Waals surface area contributed by atoms with Gasteiger partial charge in [-0.2, -0.15) is 5.10 Å². The van der Waals surface area contributed by atoms with Crippen molar-refractivity contribution in [2.45, 2.75) is 32.0 Å². The van der Waals surface area contributed by atoms with Crippen molar-refractivity contribution in [2.24, 2.45) is 7.05 Å². The molecule has 1 aromatic heterocycles. The van der Waals surface area contributed by atoms with Gasteiger partial charge in [0.15, 0.2) is 0 Å². The minimum atomic E-state index is -0.700. The van der Waals surface area contributed by atoms with Crippen molar-refractivity contribution in [3.05, 3.63) is 47.0 Å². The zero-order valence-electron chi connectivity index (χ0n) is 17.9. The third kappa shape index (κ3) is 3.75. The van der Waals surface area contributed by atoms with Gasteiger partial charge in [-0.25, -0.2) is 4.39 Å². The number of piperazine rings is 1. The van der Waals surface area contributed by atoms with Gasteiger partial charge < -0.3 is 9.80 Å². The van der Waals surface area contributed by atoms with E-state index in [-0.39, 0.29) is 31.2 Å². The van der Waals surface area contributed by atoms with Gasteiger partial charge in [0.05, 0.1) is 11.4 Å². The van der Waals surface area contributed by atoms with Gasteiger partial charge in [0, 0.05) is 64.5 Å². The number of fused-ring (bicyclic) bond motifs is 1. The minimum Gasteiger partial charge on any atom is -0.367 e. The lowest BCUT2D eigenvalue weighted by Gasteiger charge is -2.36. The van der Waals surface area contributed by atoms with E-state index in [1.165, 1.54) is 11.0 Å². The molecule has 3 amide bonds. The quantitative estimate of drug-likeness (QED) is 0.702. The summed E-state index contributed by atoms with van der Waals surface area (Å²) in [6.45, 7) is 3.92. The van der Waals surface area contributed by atoms with E-state index in [1.807, 2.05) is 24.2 Å². The number of hydrogen-bond donors (Lipinski definition) is 1. The Labute approximate surface area is 184 Å². The summed E-state index contributed by atoms with van der Waals surface area (Å²) in [5.74, 6) is -1.58. The van der Waals surface area contributed by atoms with Crippen LogP contribution in [-0.4, -0.2) is 69.5 Å². The summed E-state index contributed by atoms with van der Waals surface area (Å²) in [7, 11) is 1.89. The van der Waals surface area contributed by atoms with Gasteiger partial charge >= 0.3 is 0 Å². The number of hydrogen-bond acceptors (Lipinski definition) is 6. The normalized spacial score (nSPS) is 21.8. The molecular weight excluding hydrogens is 415 g/mol. The fraction of sp³-hybridized carbons (Fsp3) is 0.455. The van der Waals surface area contributed by atoms with Crippen LogP contribution in [0.2, 0.25) is 0 Å². The largest absolute Gasteiger partial charge is 0.367 e. The van der Waals surface area contributed by atoms with Crippen LogP contribution in [0, 0.1) is 5.82 Å². The lowest BCUT2D eigenvalue weighted by atomic mass is 10.0. The number of carbonyl (C=O) groups is 3. The second-order valence-corrected chi connectivity index (χ2v) is 8.60. The number of nitrogens with zero attached hydrogens (tertiary/aromatic N) is 5. The molecule has 0 radical (unpaired) electrons. The number of anilines is 1. The second-order valence-electron chi connectivity index (χ2n) is 8.60. The highest BCUT2D eigenvalue weighted by molar-refractivity contribution is 6.05. The lowest BCUT2D eigenvalue weighted by molar-refractivity contribution is -0.136. The summed E-state index contributed by atoms with van der Waals surface area (Å²) in [5, 5.41) is 6.70. The Hall–Kier alpha value is -3.27. The van der Waals surface area contributed by atoms with Crippen molar-refractivity contribution >= 4 is 23.4 Å². The minimum absolute atomic E-state index is 0.193. The topological polar surface area (TPSA) is 90.8 Å². The summed E-state index contributed by atoms with van der Waals surface area (Å²) in [5.41, 5.74) is 2.51. The molecule has 2 aromatic rings. The van der Waals surface area contributed by atoms with Crippen molar-refractivity contribution in [3.8, 4) is 0 Å². The highest BCUT2D eigenvalue weighted by Crippen LogP contribution is 2.33. The van der Waals surface area contributed by atoms with Gasteiger partial charge in [0.2, 0.25) is 11.8 Å². The summed E-state index contributed by atoms with van der Waals surface area (Å²) in [6.07, 6.45) is 2.40. The molecule has 9 nitrogen and oxygen atoms in total. The van der Waals surface area contributed by atoms with Crippen LogP contribution < -0.4 is 10.2 Å². The molecular formula is C22H25FN6O3. The first-order valence-electron chi connectivity index (χ1n) is 10.8. The molecule has 0 spiro atoms. The molecule has 3 aliphatic rings. The van der Waals surface area contributed by atoms with Crippen LogP contribution in [0.5, 0.6) is 0 Å². The van der Waals surface area contributed by atoms with Crippen LogP contribution in [-0.2, 0) is 29.7 Å². The predicted molar refractivity (Wildman–Crippen MR) is 113 cm³/mol. The molecule has 0 saturated carbocycles. The number of piperidine rings is 1. The van der Waals surface area contributed by atoms with E-state index in [0.717, 1.165) is 25.3 Å². The highest BCUT2D eigenvalue weighted by Gasteiger charge is 2.39. The molecule has 1 N–H and O–H groups in total. The number of aryl methyl sites for hydroxylation is 1. The SMILES string of the molecule is Cn1ccc(CN2CCN(c3cc4c(cc3F)C(=O)N(C3CCC(=O)NC3=O)C4)CC2)n1. The molecule has 3 aliphatic heterocycles. The number of aromatic nitrogens is 2. The van der Waals surface area contributed by atoms with Crippen LogP contribution in [0.25, 0.3) is 0 Å². The molecule has 2 fully saturated rings. The lowest BCUT2D eigenvalue weighted by Crippen LogP contribution is -2.52. The standard InChI is InChI=1S/C22H25FN6O3/c1-26-5-4-15(25-26)13-27-6-8-28(9-7-27)19-10-14-12-29(22(32)16(14)11-17(19)23)18-2-3-20(30)24-21(18)31/h4-5,10-11,18H,2-3,6-9,12-13H2,1H3,(H,24,30,31). The summed E-state index contributed by atoms with van der Waals surface area (Å²) in [4.78, 5) is 42.2. The molecule has 1 aromatic carbocycles. The molecule has 0 aliphatic carbocycles. The van der Waals surface area contributed by atoms with Crippen molar-refractivity contribution in [1.82, 2.24) is 24.9 Å². The first kappa shape index (κ1) is 20.6. The summed E-state index contributed by atoms with van der Waals surface area (Å²) >= 11 is 0. The third-order valence-electron chi connectivity index (χ3n) is 6.46. The maximum atomic E-state index is 15.0. The van der Waals surface area contributed by atoms with Crippen molar-refractivity contribution in [1.29, 1.82) is 0 Å². The maximum Gasteiger partial charge on any atom is 0.255 e. The molecule has 168 valence electrons. The molecule has 32 heavy (non-hydrogen) atoms. The van der Waals surface area contributed by atoms with E-state index in [2.05, 4.69) is 15.3 Å². The molecule has 10 heteroatoms. The first-order chi connectivity index (χ1) is 15.4. The van der Waals surface area contributed by atoms with E-state index >= 15 is 0 Å². The van der Waals surface area contributed by atoms with Crippen LogP contribution in [0.4, 0.5) is 10.1 Å². The van der Waals surface area contributed by atoms with Crippen LogP contribution >= 0.6 is 0 Å². The maximum absolute atomic E-state index is 15.0. The number of carbonyl (C=O) groups excluding carboxylic acids is 3. The van der Waals surface area contributed by atoms with E-state index in [9.17, 15) is 18.8 Å². The van der Waals surface area contributed by atoms with Crippen LogP contribution in [0.15, 0.2) is 24.4 Å². The van der Waals surface area contributed by atoms with Crippen LogP contribution in [0.1, 0.15) is 34.5 Å². The van der Waals surface area contributed by atoms with Crippen LogP contribution in [0.3, 0.4) is 0 Å². The van der Waals surface area contributed by atoms with E-state index in [1.54, 1.807) is 10.7 Å². The van der Waals surface area contributed by atoms with Gasteiger partial charge in [-0.05, 0) is 30.2 Å². The average Bonchev–Trinajstić information content (AvgIpc) is 3.31. The molecule has 5 rings (SSSR count). The van der Waals surface area contributed by atoms with E-state index in [0.29, 0.717) is 29.9 Å². The predicted octanol–water partition coefficient (Wildman–Crippen LogP) is 0.642. The Kier molecular flexibility index (Phi) is 5.16. The molecule has 1 unspecified atom stereocenters. The fourth-order valence-corrected chi connectivity index (χ4v) is 4.74. The van der Waals surface area contributed by atoms with Crippen molar-refractivity contribution < 1.29 is 18.8 Å². The Bertz CT molecular complexity index is 1090. The molecule has 0 bridgehead atoms. The smallest absolute Gasteiger partial charge is 0.255 e. The van der Waals surface area contributed by atoms with Gasteiger partial charge in [-0.3, -0.25) is 29.3 Å². The zero-order chi connectivity index (χ0) is 22.4. The van der Waals surface area contributed by atoms with Gasteiger partial charge in [0.1, 0.15) is 11.9 Å². The number of halogens is 1. The second kappa shape index (κ2) is 8.01. The number of nitrogens with one attached hydrogen (secondary N) is 1. The third-order valence-corrected chi connectivity index (χ3v) is 6.46. The number of imide groups is 1. The Balaban J connectivity index is 1.27. The molecule has 1 atom stereocenters. The number of rotatable bonds is 4.